The lowest BCUT2D eigenvalue weighted by atomic mass is 9.83. The van der Waals surface area contributed by atoms with Crippen molar-refractivity contribution < 1.29 is 22.7 Å². The van der Waals surface area contributed by atoms with E-state index in [2.05, 4.69) is 5.32 Å². The van der Waals surface area contributed by atoms with Crippen molar-refractivity contribution in [1.29, 1.82) is 0 Å². The zero-order valence-electron chi connectivity index (χ0n) is 8.56. The number of amides is 1. The molecule has 2 aliphatic heterocycles. The van der Waals surface area contributed by atoms with Crippen molar-refractivity contribution in [2.24, 2.45) is 0 Å². The van der Waals surface area contributed by atoms with Gasteiger partial charge in [0.15, 0.2) is 0 Å². The lowest BCUT2D eigenvalue weighted by Crippen LogP contribution is -2.72. The minimum atomic E-state index is -4.82. The van der Waals surface area contributed by atoms with Crippen LogP contribution in [0.15, 0.2) is 0 Å². The van der Waals surface area contributed by atoms with Crippen LogP contribution in [0.2, 0.25) is 0 Å². The van der Waals surface area contributed by atoms with Gasteiger partial charge in [-0.25, -0.2) is 0 Å². The van der Waals surface area contributed by atoms with E-state index in [4.69, 9.17) is 4.74 Å². The topological polar surface area (TPSA) is 50.4 Å². The summed E-state index contributed by atoms with van der Waals surface area (Å²) in [5, 5.41) is 4.98. The fourth-order valence-electron chi connectivity index (χ4n) is 2.09. The maximum absolute atomic E-state index is 12.1. The summed E-state index contributed by atoms with van der Waals surface area (Å²) >= 11 is 0. The first-order valence-electron chi connectivity index (χ1n) is 5.16. The van der Waals surface area contributed by atoms with Crippen molar-refractivity contribution in [3.8, 4) is 0 Å². The quantitative estimate of drug-likeness (QED) is 0.685. The lowest BCUT2D eigenvalue weighted by molar-refractivity contribution is -0.181. The number of alkyl halides is 3. The predicted molar refractivity (Wildman–Crippen MR) is 48.8 cm³/mol. The number of carbonyl (C=O) groups excluding carboxylic acids is 1. The number of rotatable bonds is 1. The molecule has 7 heteroatoms. The Hall–Kier alpha value is -0.820. The summed E-state index contributed by atoms with van der Waals surface area (Å²) in [5.41, 5.74) is -0.626. The van der Waals surface area contributed by atoms with Crippen LogP contribution >= 0.6 is 0 Å². The molecule has 0 aliphatic carbocycles. The second-order valence-corrected chi connectivity index (χ2v) is 4.18. The fourth-order valence-corrected chi connectivity index (χ4v) is 2.09. The van der Waals surface area contributed by atoms with Gasteiger partial charge in [-0.3, -0.25) is 4.79 Å². The minimum absolute atomic E-state index is 0.496. The first kappa shape index (κ1) is 11.7. The van der Waals surface area contributed by atoms with Gasteiger partial charge in [-0.15, -0.1) is 0 Å². The largest absolute Gasteiger partial charge is 0.471 e. The summed E-state index contributed by atoms with van der Waals surface area (Å²) in [7, 11) is 0. The number of hydrogen-bond donors (Lipinski definition) is 2. The van der Waals surface area contributed by atoms with Crippen molar-refractivity contribution in [3.63, 3.8) is 0 Å². The van der Waals surface area contributed by atoms with E-state index in [1.165, 1.54) is 0 Å². The Labute approximate surface area is 90.5 Å². The molecule has 1 atom stereocenters. The third-order valence-electron chi connectivity index (χ3n) is 3.07. The van der Waals surface area contributed by atoms with Crippen LogP contribution in [-0.2, 0) is 9.53 Å². The smallest absolute Gasteiger partial charge is 0.370 e. The normalized spacial score (nSPS) is 28.6. The molecule has 4 nitrogen and oxygen atoms in total. The van der Waals surface area contributed by atoms with Crippen molar-refractivity contribution >= 4 is 5.91 Å². The Bertz CT molecular complexity index is 289. The molecule has 16 heavy (non-hydrogen) atoms. The Morgan fingerprint density at radius 1 is 1.44 bits per heavy atom. The molecule has 0 aromatic heterocycles. The molecular formula is C9H13F3N2O2. The molecule has 2 aliphatic rings. The van der Waals surface area contributed by atoms with Gasteiger partial charge in [0.1, 0.15) is 5.60 Å². The van der Waals surface area contributed by atoms with Gasteiger partial charge >= 0.3 is 12.1 Å². The molecule has 1 spiro atoms. The molecule has 2 heterocycles. The fraction of sp³-hybridized carbons (Fsp3) is 0.889. The SMILES string of the molecule is O=C(NC1CCCOC12CNC2)C(F)(F)F. The molecule has 92 valence electrons. The van der Waals surface area contributed by atoms with Crippen molar-refractivity contribution in [2.75, 3.05) is 19.7 Å². The highest BCUT2D eigenvalue weighted by atomic mass is 19.4. The lowest BCUT2D eigenvalue weighted by Gasteiger charge is -2.50. The third-order valence-corrected chi connectivity index (χ3v) is 3.07. The predicted octanol–water partition coefficient (Wildman–Crippen LogP) is 0.186. The maximum Gasteiger partial charge on any atom is 0.471 e. The third kappa shape index (κ3) is 2.01. The molecule has 2 rings (SSSR count). The van der Waals surface area contributed by atoms with Crippen molar-refractivity contribution in [1.82, 2.24) is 10.6 Å². The van der Waals surface area contributed by atoms with Crippen LogP contribution in [0.1, 0.15) is 12.8 Å². The minimum Gasteiger partial charge on any atom is -0.370 e. The van der Waals surface area contributed by atoms with Gasteiger partial charge in [0, 0.05) is 19.7 Å². The van der Waals surface area contributed by atoms with Crippen LogP contribution < -0.4 is 10.6 Å². The highest BCUT2D eigenvalue weighted by Crippen LogP contribution is 2.29. The standard InChI is InChI=1S/C9H13F3N2O2/c10-9(11,12)7(15)14-6-2-1-3-16-8(6)4-13-5-8/h6,13H,1-5H2,(H,14,15). The van der Waals surface area contributed by atoms with Crippen molar-refractivity contribution in [3.05, 3.63) is 0 Å². The maximum atomic E-state index is 12.1. The second kappa shape index (κ2) is 3.89. The zero-order valence-corrected chi connectivity index (χ0v) is 8.56. The van der Waals surface area contributed by atoms with Gasteiger partial charge < -0.3 is 15.4 Å². The van der Waals surface area contributed by atoms with E-state index in [9.17, 15) is 18.0 Å². The summed E-state index contributed by atoms with van der Waals surface area (Å²) in [6.07, 6.45) is -3.62. The summed E-state index contributed by atoms with van der Waals surface area (Å²) < 4.78 is 41.8. The molecule has 0 saturated carbocycles. The summed E-state index contributed by atoms with van der Waals surface area (Å²) in [4.78, 5) is 10.8. The van der Waals surface area contributed by atoms with E-state index < -0.39 is 23.7 Å². The van der Waals surface area contributed by atoms with Crippen LogP contribution in [0.5, 0.6) is 0 Å². The van der Waals surface area contributed by atoms with Gasteiger partial charge in [0.25, 0.3) is 0 Å². The van der Waals surface area contributed by atoms with E-state index in [-0.39, 0.29) is 0 Å². The van der Waals surface area contributed by atoms with Crippen molar-refractivity contribution in [2.45, 2.75) is 30.7 Å². The van der Waals surface area contributed by atoms with Gasteiger partial charge in [-0.2, -0.15) is 13.2 Å². The van der Waals surface area contributed by atoms with Crippen LogP contribution in [0.25, 0.3) is 0 Å². The second-order valence-electron chi connectivity index (χ2n) is 4.18. The molecule has 0 aromatic carbocycles. The average Bonchev–Trinajstić information content (AvgIpc) is 2.14. The van der Waals surface area contributed by atoms with Crippen LogP contribution in [0.3, 0.4) is 0 Å². The van der Waals surface area contributed by atoms with Gasteiger partial charge in [0.05, 0.1) is 6.04 Å². The number of hydrogen-bond acceptors (Lipinski definition) is 3. The Kier molecular flexibility index (Phi) is 2.83. The zero-order chi connectivity index (χ0) is 11.8. The van der Waals surface area contributed by atoms with E-state index in [1.807, 2.05) is 5.32 Å². The number of ether oxygens (including phenoxy) is 1. The van der Waals surface area contributed by atoms with Gasteiger partial charge in [-0.1, -0.05) is 0 Å². The first-order valence-corrected chi connectivity index (χ1v) is 5.16. The number of nitrogens with one attached hydrogen (secondary N) is 2. The Morgan fingerprint density at radius 3 is 2.62 bits per heavy atom. The Balaban J connectivity index is 2.00. The summed E-state index contributed by atoms with van der Waals surface area (Å²) in [5.74, 6) is -1.88. The first-order chi connectivity index (χ1) is 7.44. The molecular weight excluding hydrogens is 225 g/mol. The monoisotopic (exact) mass is 238 g/mol. The summed E-state index contributed by atoms with van der Waals surface area (Å²) in [6.45, 7) is 1.53. The van der Waals surface area contributed by atoms with E-state index in [0.717, 1.165) is 0 Å². The van der Waals surface area contributed by atoms with E-state index >= 15 is 0 Å². The van der Waals surface area contributed by atoms with Crippen LogP contribution in [0.4, 0.5) is 13.2 Å². The highest BCUT2D eigenvalue weighted by molar-refractivity contribution is 5.82. The van der Waals surface area contributed by atoms with E-state index in [1.54, 1.807) is 0 Å². The number of halogens is 3. The van der Waals surface area contributed by atoms with Gasteiger partial charge in [0.2, 0.25) is 0 Å². The van der Waals surface area contributed by atoms with Gasteiger partial charge in [-0.05, 0) is 12.8 Å². The van der Waals surface area contributed by atoms with Crippen LogP contribution in [0, 0.1) is 0 Å². The van der Waals surface area contributed by atoms with E-state index in [0.29, 0.717) is 32.5 Å². The molecule has 0 bridgehead atoms. The average molecular weight is 238 g/mol. The molecule has 0 aromatic rings. The molecule has 1 amide bonds. The molecule has 2 fully saturated rings. The van der Waals surface area contributed by atoms with Crippen LogP contribution in [-0.4, -0.2) is 43.4 Å². The Morgan fingerprint density at radius 2 is 2.12 bits per heavy atom. The summed E-state index contributed by atoms with van der Waals surface area (Å²) in [6, 6.07) is -0.545. The molecule has 1 unspecified atom stereocenters. The molecule has 0 radical (unpaired) electrons. The molecule has 2 N–H and O–H groups in total. The number of carbonyl (C=O) groups is 1. The molecule has 2 saturated heterocycles. The highest BCUT2D eigenvalue weighted by Gasteiger charge is 2.50.